The summed E-state index contributed by atoms with van der Waals surface area (Å²) in [7, 11) is 0. The molecule has 0 fully saturated rings. The van der Waals surface area contributed by atoms with E-state index in [2.05, 4.69) is 4.98 Å². The fourth-order valence-corrected chi connectivity index (χ4v) is 1.71. The molecule has 1 rings (SSSR count). The first-order valence-corrected chi connectivity index (χ1v) is 5.20. The SMILES string of the molecule is O=Cc1nc(CCl)cc(C(F)F)c1I. The van der Waals surface area contributed by atoms with E-state index in [1.54, 1.807) is 22.6 Å². The van der Waals surface area contributed by atoms with Gasteiger partial charge in [-0.3, -0.25) is 4.79 Å². The molecule has 2 nitrogen and oxygen atoms in total. The highest BCUT2D eigenvalue weighted by Crippen LogP contribution is 2.26. The van der Waals surface area contributed by atoms with Crippen molar-refractivity contribution >= 4 is 40.5 Å². The maximum absolute atomic E-state index is 12.5. The summed E-state index contributed by atoms with van der Waals surface area (Å²) >= 11 is 7.13. The largest absolute Gasteiger partial charge is 0.296 e. The van der Waals surface area contributed by atoms with E-state index >= 15 is 0 Å². The van der Waals surface area contributed by atoms with E-state index in [1.165, 1.54) is 6.07 Å². The Morgan fingerprint density at radius 3 is 2.71 bits per heavy atom. The maximum Gasteiger partial charge on any atom is 0.265 e. The van der Waals surface area contributed by atoms with Crippen LogP contribution in [0.3, 0.4) is 0 Å². The molecular weight excluding hydrogens is 326 g/mol. The van der Waals surface area contributed by atoms with Gasteiger partial charge in [-0.2, -0.15) is 0 Å². The second-order valence-corrected chi connectivity index (χ2v) is 3.80. The Morgan fingerprint density at radius 1 is 1.64 bits per heavy atom. The van der Waals surface area contributed by atoms with Gasteiger partial charge in [0.25, 0.3) is 6.43 Å². The van der Waals surface area contributed by atoms with E-state index in [0.717, 1.165) is 0 Å². The second-order valence-electron chi connectivity index (χ2n) is 2.45. The van der Waals surface area contributed by atoms with E-state index in [0.29, 0.717) is 6.29 Å². The minimum Gasteiger partial charge on any atom is -0.296 e. The highest BCUT2D eigenvalue weighted by molar-refractivity contribution is 14.1. The zero-order chi connectivity index (χ0) is 10.7. The molecule has 1 heterocycles. The number of alkyl halides is 3. The van der Waals surface area contributed by atoms with Gasteiger partial charge in [0.15, 0.2) is 6.29 Å². The highest BCUT2D eigenvalue weighted by Gasteiger charge is 2.16. The van der Waals surface area contributed by atoms with Gasteiger partial charge in [-0.1, -0.05) is 0 Å². The van der Waals surface area contributed by atoms with E-state index in [9.17, 15) is 13.6 Å². The lowest BCUT2D eigenvalue weighted by Crippen LogP contribution is -2.02. The molecule has 0 saturated carbocycles. The van der Waals surface area contributed by atoms with Gasteiger partial charge in [0, 0.05) is 5.56 Å². The lowest BCUT2D eigenvalue weighted by Gasteiger charge is -2.06. The van der Waals surface area contributed by atoms with Crippen LogP contribution in [0.25, 0.3) is 0 Å². The van der Waals surface area contributed by atoms with Crippen molar-refractivity contribution in [1.29, 1.82) is 0 Å². The average Bonchev–Trinajstić information content (AvgIpc) is 2.17. The number of pyridine rings is 1. The number of hydrogen-bond donors (Lipinski definition) is 0. The Hall–Kier alpha value is -0.300. The number of hydrogen-bond acceptors (Lipinski definition) is 2. The van der Waals surface area contributed by atoms with E-state index in [-0.39, 0.29) is 26.4 Å². The minimum atomic E-state index is -2.62. The molecule has 0 aromatic carbocycles. The molecule has 0 N–H and O–H groups in total. The van der Waals surface area contributed by atoms with Gasteiger partial charge in [-0.15, -0.1) is 11.6 Å². The third-order valence-corrected chi connectivity index (χ3v) is 3.00. The lowest BCUT2D eigenvalue weighted by molar-refractivity contribution is 0.111. The smallest absolute Gasteiger partial charge is 0.265 e. The van der Waals surface area contributed by atoms with Crippen LogP contribution in [0, 0.1) is 3.57 Å². The standard InChI is InChI=1S/C8H5ClF2INO/c9-2-4-1-5(8(10)11)7(12)6(3-14)13-4/h1,3,8H,2H2. The fraction of sp³-hybridized carbons (Fsp3) is 0.250. The molecule has 1 aromatic rings. The molecule has 0 saturated heterocycles. The van der Waals surface area contributed by atoms with Crippen LogP contribution in [0.5, 0.6) is 0 Å². The highest BCUT2D eigenvalue weighted by atomic mass is 127. The van der Waals surface area contributed by atoms with Gasteiger partial charge < -0.3 is 0 Å². The molecule has 0 bridgehead atoms. The van der Waals surface area contributed by atoms with Crippen molar-refractivity contribution in [2.75, 3.05) is 0 Å². The Kier molecular flexibility index (Phi) is 4.18. The van der Waals surface area contributed by atoms with Gasteiger partial charge >= 0.3 is 0 Å². The van der Waals surface area contributed by atoms with Crippen molar-refractivity contribution < 1.29 is 13.6 Å². The van der Waals surface area contributed by atoms with Gasteiger partial charge in [-0.05, 0) is 28.7 Å². The first-order valence-electron chi connectivity index (χ1n) is 3.58. The van der Waals surface area contributed by atoms with Gasteiger partial charge in [0.05, 0.1) is 15.1 Å². The topological polar surface area (TPSA) is 30.0 Å². The van der Waals surface area contributed by atoms with Gasteiger partial charge in [-0.25, -0.2) is 13.8 Å². The second kappa shape index (κ2) is 4.97. The van der Waals surface area contributed by atoms with Crippen LogP contribution in [-0.2, 0) is 5.88 Å². The van der Waals surface area contributed by atoms with Crippen molar-refractivity contribution in [2.45, 2.75) is 12.3 Å². The molecule has 0 radical (unpaired) electrons. The Balaban J connectivity index is 3.34. The number of carbonyl (C=O) groups excluding carboxylic acids is 1. The summed E-state index contributed by atoms with van der Waals surface area (Å²) in [6.45, 7) is 0. The monoisotopic (exact) mass is 331 g/mol. The third kappa shape index (κ3) is 2.38. The first-order chi connectivity index (χ1) is 6.60. The Labute approximate surface area is 97.8 Å². The molecule has 6 heteroatoms. The zero-order valence-electron chi connectivity index (χ0n) is 6.81. The summed E-state index contributed by atoms with van der Waals surface area (Å²) in [5.74, 6) is 0.0114. The maximum atomic E-state index is 12.5. The molecule has 76 valence electrons. The number of aromatic nitrogens is 1. The quantitative estimate of drug-likeness (QED) is 0.484. The van der Waals surface area contributed by atoms with Crippen molar-refractivity contribution in [3.63, 3.8) is 0 Å². The summed E-state index contributed by atoms with van der Waals surface area (Å²) in [5.41, 5.74) is 0.0990. The van der Waals surface area contributed by atoms with Crippen molar-refractivity contribution in [3.8, 4) is 0 Å². The fourth-order valence-electron chi connectivity index (χ4n) is 0.932. The molecule has 0 aliphatic carbocycles. The third-order valence-electron chi connectivity index (χ3n) is 1.55. The summed E-state index contributed by atoms with van der Waals surface area (Å²) in [4.78, 5) is 14.3. The van der Waals surface area contributed by atoms with Crippen molar-refractivity contribution in [1.82, 2.24) is 4.98 Å². The summed E-state index contributed by atoms with van der Waals surface area (Å²) in [6.07, 6.45) is -2.17. The lowest BCUT2D eigenvalue weighted by atomic mass is 10.2. The van der Waals surface area contributed by atoms with Crippen LogP contribution >= 0.6 is 34.2 Å². The summed E-state index contributed by atoms with van der Waals surface area (Å²) < 4.78 is 25.1. The van der Waals surface area contributed by atoms with E-state index in [1.807, 2.05) is 0 Å². The number of aldehydes is 1. The molecule has 0 aliphatic heterocycles. The van der Waals surface area contributed by atoms with Crippen LogP contribution in [0.2, 0.25) is 0 Å². The average molecular weight is 331 g/mol. The van der Waals surface area contributed by atoms with E-state index in [4.69, 9.17) is 11.6 Å². The van der Waals surface area contributed by atoms with E-state index < -0.39 is 6.43 Å². The van der Waals surface area contributed by atoms with Gasteiger partial charge in [0.1, 0.15) is 5.69 Å². The first kappa shape index (κ1) is 11.8. The molecule has 0 spiro atoms. The summed E-state index contributed by atoms with van der Waals surface area (Å²) in [6, 6.07) is 1.21. The van der Waals surface area contributed by atoms with Crippen LogP contribution in [0.15, 0.2) is 6.07 Å². The molecule has 0 aliphatic rings. The number of nitrogens with zero attached hydrogens (tertiary/aromatic N) is 1. The Bertz CT molecular complexity index is 359. The molecule has 0 unspecified atom stereocenters. The molecule has 0 amide bonds. The van der Waals surface area contributed by atoms with Crippen molar-refractivity contribution in [2.24, 2.45) is 0 Å². The molecule has 1 aromatic heterocycles. The normalized spacial score (nSPS) is 10.6. The zero-order valence-corrected chi connectivity index (χ0v) is 9.72. The molecule has 0 atom stereocenters. The number of rotatable bonds is 3. The van der Waals surface area contributed by atoms with Gasteiger partial charge in [0.2, 0.25) is 0 Å². The predicted molar refractivity (Wildman–Crippen MR) is 56.9 cm³/mol. The number of carbonyl (C=O) groups is 1. The van der Waals surface area contributed by atoms with Crippen LogP contribution in [0.1, 0.15) is 28.2 Å². The van der Waals surface area contributed by atoms with Crippen LogP contribution in [-0.4, -0.2) is 11.3 Å². The molecular formula is C8H5ClF2INO. The minimum absolute atomic E-state index is 0.0114. The summed E-state index contributed by atoms with van der Waals surface area (Å²) in [5, 5.41) is 0. The number of halogens is 4. The van der Waals surface area contributed by atoms with Crippen molar-refractivity contribution in [3.05, 3.63) is 26.6 Å². The van der Waals surface area contributed by atoms with Crippen LogP contribution in [0.4, 0.5) is 8.78 Å². The Morgan fingerprint density at radius 2 is 2.29 bits per heavy atom. The predicted octanol–water partition coefficient (Wildman–Crippen LogP) is 3.18. The molecule has 14 heavy (non-hydrogen) atoms. The van der Waals surface area contributed by atoms with Crippen LogP contribution < -0.4 is 0 Å².